The van der Waals surface area contributed by atoms with Crippen LogP contribution in [0.5, 0.6) is 0 Å². The Morgan fingerprint density at radius 2 is 1.82 bits per heavy atom. The molecule has 0 heterocycles. The molecule has 3 nitrogen and oxygen atoms in total. The highest BCUT2D eigenvalue weighted by Crippen LogP contribution is 2.41. The van der Waals surface area contributed by atoms with Crippen molar-refractivity contribution >= 4 is 0 Å². The van der Waals surface area contributed by atoms with Gasteiger partial charge in [-0.2, -0.15) is 0 Å². The topological polar surface area (TPSA) is 47.3 Å². The highest BCUT2D eigenvalue weighted by atomic mass is 16.5. The first-order chi connectivity index (χ1) is 8.29. The zero-order valence-corrected chi connectivity index (χ0v) is 11.2. The lowest BCUT2D eigenvalue weighted by Gasteiger charge is -2.44. The van der Waals surface area contributed by atoms with Crippen LogP contribution in [0.15, 0.2) is 0 Å². The minimum Gasteiger partial charge on any atom is -0.378 e. The Bertz CT molecular complexity index is 215. The van der Waals surface area contributed by atoms with Gasteiger partial charge in [-0.3, -0.25) is 11.3 Å². The monoisotopic (exact) mass is 240 g/mol. The van der Waals surface area contributed by atoms with Gasteiger partial charge >= 0.3 is 0 Å². The third-order valence-corrected chi connectivity index (χ3v) is 4.97. The van der Waals surface area contributed by atoms with E-state index in [9.17, 15) is 0 Å². The second-order valence-corrected chi connectivity index (χ2v) is 5.97. The van der Waals surface area contributed by atoms with Gasteiger partial charge in [0.25, 0.3) is 0 Å². The van der Waals surface area contributed by atoms with Crippen LogP contribution >= 0.6 is 0 Å². The molecule has 0 aliphatic heterocycles. The second-order valence-electron chi connectivity index (χ2n) is 5.97. The summed E-state index contributed by atoms with van der Waals surface area (Å²) >= 11 is 0. The van der Waals surface area contributed by atoms with E-state index in [1.54, 1.807) is 0 Å². The van der Waals surface area contributed by atoms with Gasteiger partial charge in [-0.15, -0.1) is 0 Å². The maximum absolute atomic E-state index is 5.79. The molecule has 0 aromatic carbocycles. The van der Waals surface area contributed by atoms with Crippen LogP contribution in [0.1, 0.15) is 64.2 Å². The summed E-state index contributed by atoms with van der Waals surface area (Å²) in [6, 6.07) is 0.452. The zero-order valence-electron chi connectivity index (χ0n) is 11.2. The summed E-state index contributed by atoms with van der Waals surface area (Å²) in [5.74, 6) is 6.55. The van der Waals surface area contributed by atoms with Crippen molar-refractivity contribution in [1.29, 1.82) is 0 Å². The van der Waals surface area contributed by atoms with Crippen molar-refractivity contribution < 1.29 is 4.74 Å². The lowest BCUT2D eigenvalue weighted by Crippen LogP contribution is -2.50. The minimum atomic E-state index is 0.142. The molecule has 2 aliphatic carbocycles. The van der Waals surface area contributed by atoms with Gasteiger partial charge < -0.3 is 4.74 Å². The smallest absolute Gasteiger partial charge is 0.0694 e. The number of hydrogen-bond donors (Lipinski definition) is 2. The molecule has 0 amide bonds. The van der Waals surface area contributed by atoms with Gasteiger partial charge in [0.2, 0.25) is 0 Å². The lowest BCUT2D eigenvalue weighted by atomic mass is 9.73. The normalized spacial score (nSPS) is 27.2. The molecule has 100 valence electrons. The quantitative estimate of drug-likeness (QED) is 0.441. The van der Waals surface area contributed by atoms with Gasteiger partial charge in [-0.25, -0.2) is 0 Å². The average molecular weight is 240 g/mol. The molecule has 0 radical (unpaired) electrons. The first-order valence-corrected chi connectivity index (χ1v) is 7.31. The summed E-state index contributed by atoms with van der Waals surface area (Å²) in [4.78, 5) is 0. The Morgan fingerprint density at radius 3 is 2.24 bits per heavy atom. The van der Waals surface area contributed by atoms with Gasteiger partial charge in [0.05, 0.1) is 5.60 Å². The van der Waals surface area contributed by atoms with Crippen LogP contribution in [0.2, 0.25) is 0 Å². The average Bonchev–Trinajstić information content (AvgIpc) is 2.57. The van der Waals surface area contributed by atoms with Crippen LogP contribution in [0.3, 0.4) is 0 Å². The molecule has 0 aromatic rings. The fraction of sp³-hybridized carbons (Fsp3) is 1.00. The maximum atomic E-state index is 5.79. The molecule has 0 spiro atoms. The van der Waals surface area contributed by atoms with Crippen molar-refractivity contribution in [3.05, 3.63) is 0 Å². The van der Waals surface area contributed by atoms with Gasteiger partial charge in [0, 0.05) is 13.2 Å². The van der Waals surface area contributed by atoms with Crippen LogP contribution < -0.4 is 11.3 Å². The van der Waals surface area contributed by atoms with Crippen LogP contribution in [-0.4, -0.2) is 18.8 Å². The zero-order chi connectivity index (χ0) is 12.1. The molecule has 2 aliphatic rings. The predicted octanol–water partition coefficient (Wildman–Crippen LogP) is 2.75. The molecule has 1 unspecified atom stereocenters. The standard InChI is InChI=1S/C14H28N2O/c1-17-14(9-6-10-14)11-13(16-15)12-7-4-2-3-5-8-12/h12-13,16H,2-11,15H2,1H3. The van der Waals surface area contributed by atoms with Crippen LogP contribution in [0.25, 0.3) is 0 Å². The Morgan fingerprint density at radius 1 is 1.18 bits per heavy atom. The van der Waals surface area contributed by atoms with Crippen molar-refractivity contribution in [2.75, 3.05) is 7.11 Å². The van der Waals surface area contributed by atoms with Crippen molar-refractivity contribution in [3.63, 3.8) is 0 Å². The van der Waals surface area contributed by atoms with E-state index < -0.39 is 0 Å². The van der Waals surface area contributed by atoms with E-state index in [1.165, 1.54) is 57.8 Å². The number of nitrogens with one attached hydrogen (secondary N) is 1. The van der Waals surface area contributed by atoms with E-state index in [0.717, 1.165) is 12.3 Å². The van der Waals surface area contributed by atoms with E-state index in [1.807, 2.05) is 7.11 Å². The maximum Gasteiger partial charge on any atom is 0.0694 e. The molecular formula is C14H28N2O. The van der Waals surface area contributed by atoms with E-state index in [0.29, 0.717) is 6.04 Å². The number of methoxy groups -OCH3 is 1. The van der Waals surface area contributed by atoms with Gasteiger partial charge in [-0.05, 0) is 44.4 Å². The second kappa shape index (κ2) is 6.17. The Balaban J connectivity index is 1.90. The summed E-state index contributed by atoms with van der Waals surface area (Å²) in [5.41, 5.74) is 3.22. The summed E-state index contributed by atoms with van der Waals surface area (Å²) in [6.07, 6.45) is 13.1. The van der Waals surface area contributed by atoms with Gasteiger partial charge in [-0.1, -0.05) is 25.7 Å². The summed E-state index contributed by atoms with van der Waals surface area (Å²) < 4.78 is 5.73. The molecule has 2 rings (SSSR count). The minimum absolute atomic E-state index is 0.142. The summed E-state index contributed by atoms with van der Waals surface area (Å²) in [6.45, 7) is 0. The van der Waals surface area contributed by atoms with Crippen molar-refractivity contribution in [2.45, 2.75) is 75.9 Å². The third-order valence-electron chi connectivity index (χ3n) is 4.97. The Kier molecular flexibility index (Phi) is 4.83. The highest BCUT2D eigenvalue weighted by Gasteiger charge is 2.40. The van der Waals surface area contributed by atoms with E-state index in [-0.39, 0.29) is 5.60 Å². The predicted molar refractivity (Wildman–Crippen MR) is 70.5 cm³/mol. The van der Waals surface area contributed by atoms with Crippen LogP contribution in [0, 0.1) is 5.92 Å². The largest absolute Gasteiger partial charge is 0.378 e. The molecular weight excluding hydrogens is 212 g/mol. The number of rotatable bonds is 5. The number of hydrazine groups is 1. The number of nitrogens with two attached hydrogens (primary N) is 1. The molecule has 17 heavy (non-hydrogen) atoms. The highest BCUT2D eigenvalue weighted by molar-refractivity contribution is 4.94. The SMILES string of the molecule is COC1(CC(NN)C2CCCCCC2)CCC1. The van der Waals surface area contributed by atoms with Crippen LogP contribution in [0.4, 0.5) is 0 Å². The van der Waals surface area contributed by atoms with Crippen molar-refractivity contribution in [1.82, 2.24) is 5.43 Å². The van der Waals surface area contributed by atoms with Gasteiger partial charge in [0.15, 0.2) is 0 Å². The molecule has 3 N–H and O–H groups in total. The first kappa shape index (κ1) is 13.3. The Hall–Kier alpha value is -0.120. The van der Waals surface area contributed by atoms with Crippen LogP contribution in [-0.2, 0) is 4.74 Å². The van der Waals surface area contributed by atoms with E-state index in [4.69, 9.17) is 10.6 Å². The van der Waals surface area contributed by atoms with Gasteiger partial charge in [0.1, 0.15) is 0 Å². The van der Waals surface area contributed by atoms with E-state index >= 15 is 0 Å². The molecule has 0 bridgehead atoms. The molecule has 0 saturated heterocycles. The molecule has 2 fully saturated rings. The fourth-order valence-electron chi connectivity index (χ4n) is 3.54. The summed E-state index contributed by atoms with van der Waals surface area (Å²) in [7, 11) is 1.86. The Labute approximate surface area is 105 Å². The molecule has 0 aromatic heterocycles. The number of hydrogen-bond acceptors (Lipinski definition) is 3. The summed E-state index contributed by atoms with van der Waals surface area (Å²) in [5, 5.41) is 0. The van der Waals surface area contributed by atoms with Crippen molar-refractivity contribution in [3.8, 4) is 0 Å². The lowest BCUT2D eigenvalue weighted by molar-refractivity contribution is -0.0874. The third kappa shape index (κ3) is 3.21. The van der Waals surface area contributed by atoms with Crippen molar-refractivity contribution in [2.24, 2.45) is 11.8 Å². The first-order valence-electron chi connectivity index (χ1n) is 7.31. The fourth-order valence-corrected chi connectivity index (χ4v) is 3.54. The van der Waals surface area contributed by atoms with E-state index in [2.05, 4.69) is 5.43 Å². The molecule has 1 atom stereocenters. The number of ether oxygens (including phenoxy) is 1. The molecule has 2 saturated carbocycles. The molecule has 3 heteroatoms.